The van der Waals surface area contributed by atoms with Crippen molar-refractivity contribution in [2.75, 3.05) is 13.1 Å². The Kier molecular flexibility index (Phi) is 1.60. The molecule has 3 heteroatoms. The zero-order valence-corrected chi connectivity index (χ0v) is 6.84. The van der Waals surface area contributed by atoms with Crippen LogP contribution in [0.2, 0.25) is 0 Å². The number of hydrogen-bond donors (Lipinski definition) is 1. The molecular weight excluding hydrogens is 140 g/mol. The fourth-order valence-electron chi connectivity index (χ4n) is 1.60. The van der Waals surface area contributed by atoms with Crippen molar-refractivity contribution in [3.05, 3.63) is 0 Å². The number of carbonyl (C=O) groups excluding carboxylic acids is 1. The van der Waals surface area contributed by atoms with Crippen molar-refractivity contribution < 1.29 is 4.79 Å². The lowest BCUT2D eigenvalue weighted by atomic mass is 10.2. The van der Waals surface area contributed by atoms with E-state index in [2.05, 4.69) is 5.32 Å². The summed E-state index contributed by atoms with van der Waals surface area (Å²) in [6, 6.07) is 0.636. The van der Waals surface area contributed by atoms with Crippen LogP contribution in [-0.4, -0.2) is 36.0 Å². The van der Waals surface area contributed by atoms with Gasteiger partial charge in [0.1, 0.15) is 0 Å². The summed E-state index contributed by atoms with van der Waals surface area (Å²) in [7, 11) is 0. The van der Waals surface area contributed by atoms with E-state index in [9.17, 15) is 4.79 Å². The van der Waals surface area contributed by atoms with Gasteiger partial charge in [0.05, 0.1) is 6.04 Å². The lowest BCUT2D eigenvalue weighted by Gasteiger charge is -2.31. The fourth-order valence-corrected chi connectivity index (χ4v) is 1.60. The molecule has 1 aliphatic heterocycles. The molecule has 2 rings (SSSR count). The van der Waals surface area contributed by atoms with Crippen LogP contribution in [0, 0.1) is 0 Å². The Labute approximate surface area is 66.8 Å². The Morgan fingerprint density at radius 3 is 2.91 bits per heavy atom. The normalized spacial score (nSPS) is 32.6. The molecule has 1 atom stereocenters. The summed E-state index contributed by atoms with van der Waals surface area (Å²) in [5.41, 5.74) is 0. The van der Waals surface area contributed by atoms with E-state index in [4.69, 9.17) is 0 Å². The Hall–Kier alpha value is -0.570. The van der Waals surface area contributed by atoms with E-state index in [-0.39, 0.29) is 6.04 Å². The largest absolute Gasteiger partial charge is 0.337 e. The predicted octanol–water partition coefficient (Wildman–Crippen LogP) is -0.0309. The molecule has 0 aromatic heterocycles. The molecule has 1 amide bonds. The van der Waals surface area contributed by atoms with Crippen LogP contribution < -0.4 is 5.32 Å². The minimum Gasteiger partial charge on any atom is -0.337 e. The van der Waals surface area contributed by atoms with Crippen LogP contribution in [-0.2, 0) is 4.79 Å². The molecule has 0 bridgehead atoms. The van der Waals surface area contributed by atoms with Crippen LogP contribution >= 0.6 is 0 Å². The highest BCUT2D eigenvalue weighted by Gasteiger charge is 2.36. The van der Waals surface area contributed by atoms with E-state index < -0.39 is 0 Å². The van der Waals surface area contributed by atoms with Crippen molar-refractivity contribution >= 4 is 5.91 Å². The molecule has 3 nitrogen and oxygen atoms in total. The summed E-state index contributed by atoms with van der Waals surface area (Å²) in [4.78, 5) is 13.5. The average molecular weight is 154 g/mol. The highest BCUT2D eigenvalue weighted by Crippen LogP contribution is 2.27. The molecule has 0 aromatic carbocycles. The SMILES string of the molecule is CC1NCCN(C2CC2)C1=O. The zero-order valence-electron chi connectivity index (χ0n) is 6.84. The Morgan fingerprint density at radius 1 is 1.55 bits per heavy atom. The van der Waals surface area contributed by atoms with Gasteiger partial charge in [-0.1, -0.05) is 0 Å². The third kappa shape index (κ3) is 1.25. The zero-order chi connectivity index (χ0) is 7.84. The van der Waals surface area contributed by atoms with Gasteiger partial charge in [0.25, 0.3) is 0 Å². The summed E-state index contributed by atoms with van der Waals surface area (Å²) in [5.74, 6) is 0.291. The maximum absolute atomic E-state index is 11.5. The van der Waals surface area contributed by atoms with Gasteiger partial charge in [-0.2, -0.15) is 0 Å². The maximum Gasteiger partial charge on any atom is 0.239 e. The molecule has 0 spiro atoms. The Balaban J connectivity index is 2.01. The fraction of sp³-hybridized carbons (Fsp3) is 0.875. The topological polar surface area (TPSA) is 32.3 Å². The summed E-state index contributed by atoms with van der Waals surface area (Å²) < 4.78 is 0. The van der Waals surface area contributed by atoms with Crippen LogP contribution in [0.3, 0.4) is 0 Å². The number of piperazine rings is 1. The van der Waals surface area contributed by atoms with Crippen molar-refractivity contribution in [2.24, 2.45) is 0 Å². The lowest BCUT2D eigenvalue weighted by molar-refractivity contribution is -0.135. The third-order valence-electron chi connectivity index (χ3n) is 2.44. The van der Waals surface area contributed by atoms with E-state index in [1.54, 1.807) is 0 Å². The molecule has 1 saturated heterocycles. The lowest BCUT2D eigenvalue weighted by Crippen LogP contribution is -2.54. The van der Waals surface area contributed by atoms with E-state index in [1.165, 1.54) is 12.8 Å². The average Bonchev–Trinajstić information content (AvgIpc) is 2.77. The quantitative estimate of drug-likeness (QED) is 0.575. The first-order chi connectivity index (χ1) is 5.29. The number of nitrogens with zero attached hydrogens (tertiary/aromatic N) is 1. The first kappa shape index (κ1) is 7.10. The van der Waals surface area contributed by atoms with Gasteiger partial charge >= 0.3 is 0 Å². The van der Waals surface area contributed by atoms with E-state index in [0.717, 1.165) is 13.1 Å². The summed E-state index contributed by atoms with van der Waals surface area (Å²) in [6.45, 7) is 3.81. The van der Waals surface area contributed by atoms with Crippen LogP contribution in [0.25, 0.3) is 0 Å². The number of carbonyl (C=O) groups is 1. The predicted molar refractivity (Wildman–Crippen MR) is 42.2 cm³/mol. The molecule has 0 aromatic rings. The highest BCUT2D eigenvalue weighted by molar-refractivity contribution is 5.82. The second kappa shape index (κ2) is 2.48. The van der Waals surface area contributed by atoms with Gasteiger partial charge in [0.2, 0.25) is 5.91 Å². The standard InChI is InChI=1S/C8H14N2O/c1-6-8(11)10(5-4-9-6)7-2-3-7/h6-7,9H,2-5H2,1H3. The van der Waals surface area contributed by atoms with Gasteiger partial charge in [0, 0.05) is 19.1 Å². The number of hydrogen-bond acceptors (Lipinski definition) is 2. The molecule has 62 valence electrons. The first-order valence-electron chi connectivity index (χ1n) is 4.33. The summed E-state index contributed by atoms with van der Waals surface area (Å²) in [6.07, 6.45) is 2.44. The van der Waals surface area contributed by atoms with Gasteiger partial charge < -0.3 is 10.2 Å². The molecule has 1 N–H and O–H groups in total. The van der Waals surface area contributed by atoms with E-state index >= 15 is 0 Å². The smallest absolute Gasteiger partial charge is 0.239 e. The van der Waals surface area contributed by atoms with Gasteiger partial charge in [0.15, 0.2) is 0 Å². The van der Waals surface area contributed by atoms with E-state index in [0.29, 0.717) is 11.9 Å². The molecule has 1 heterocycles. The summed E-state index contributed by atoms with van der Waals surface area (Å²) >= 11 is 0. The van der Waals surface area contributed by atoms with Gasteiger partial charge in [-0.3, -0.25) is 4.79 Å². The molecule has 1 aliphatic carbocycles. The summed E-state index contributed by atoms with van der Waals surface area (Å²) in [5, 5.41) is 3.15. The van der Waals surface area contributed by atoms with Crippen molar-refractivity contribution in [2.45, 2.75) is 31.8 Å². The molecule has 0 radical (unpaired) electrons. The Morgan fingerprint density at radius 2 is 2.27 bits per heavy atom. The molecule has 1 unspecified atom stereocenters. The van der Waals surface area contributed by atoms with Crippen LogP contribution in [0.4, 0.5) is 0 Å². The number of amides is 1. The molecule has 2 fully saturated rings. The Bertz CT molecular complexity index is 177. The van der Waals surface area contributed by atoms with Crippen LogP contribution in [0.15, 0.2) is 0 Å². The van der Waals surface area contributed by atoms with Gasteiger partial charge in [-0.15, -0.1) is 0 Å². The number of nitrogens with one attached hydrogen (secondary N) is 1. The number of rotatable bonds is 1. The monoisotopic (exact) mass is 154 g/mol. The van der Waals surface area contributed by atoms with Crippen molar-refractivity contribution in [3.63, 3.8) is 0 Å². The van der Waals surface area contributed by atoms with Gasteiger partial charge in [-0.25, -0.2) is 0 Å². The van der Waals surface area contributed by atoms with Crippen LogP contribution in [0.1, 0.15) is 19.8 Å². The van der Waals surface area contributed by atoms with Gasteiger partial charge in [-0.05, 0) is 19.8 Å². The van der Waals surface area contributed by atoms with Crippen molar-refractivity contribution in [1.82, 2.24) is 10.2 Å². The van der Waals surface area contributed by atoms with Crippen molar-refractivity contribution in [3.8, 4) is 0 Å². The van der Waals surface area contributed by atoms with Crippen molar-refractivity contribution in [1.29, 1.82) is 0 Å². The molecule has 1 saturated carbocycles. The second-order valence-corrected chi connectivity index (χ2v) is 3.44. The maximum atomic E-state index is 11.5. The molecule has 11 heavy (non-hydrogen) atoms. The first-order valence-corrected chi connectivity index (χ1v) is 4.33. The minimum absolute atomic E-state index is 0.0457. The molecule has 2 aliphatic rings. The minimum atomic E-state index is 0.0457. The van der Waals surface area contributed by atoms with E-state index in [1.807, 2.05) is 11.8 Å². The molecular formula is C8H14N2O. The highest BCUT2D eigenvalue weighted by atomic mass is 16.2. The van der Waals surface area contributed by atoms with Crippen LogP contribution in [0.5, 0.6) is 0 Å². The third-order valence-corrected chi connectivity index (χ3v) is 2.44. The second-order valence-electron chi connectivity index (χ2n) is 3.44.